The van der Waals surface area contributed by atoms with E-state index in [0.29, 0.717) is 6.42 Å². The molecule has 0 aliphatic carbocycles. The fourth-order valence-corrected chi connectivity index (χ4v) is 2.43. The summed E-state index contributed by atoms with van der Waals surface area (Å²) in [5.74, 6) is 0.698. The van der Waals surface area contributed by atoms with Crippen molar-refractivity contribution in [2.45, 2.75) is 25.3 Å². The van der Waals surface area contributed by atoms with Crippen molar-refractivity contribution >= 4 is 15.9 Å². The minimum Gasteiger partial charge on any atom is -0.469 e. The Kier molecular flexibility index (Phi) is 4.55. The predicted molar refractivity (Wildman–Crippen MR) is 72.8 cm³/mol. The predicted octanol–water partition coefficient (Wildman–Crippen LogP) is 3.68. The minimum atomic E-state index is -0.238. The second-order valence-corrected chi connectivity index (χ2v) is 5.28. The second-order valence-electron chi connectivity index (χ2n) is 4.36. The van der Waals surface area contributed by atoms with Crippen molar-refractivity contribution in [2.75, 3.05) is 0 Å². The molecule has 1 heterocycles. The van der Waals surface area contributed by atoms with E-state index in [9.17, 15) is 4.39 Å². The van der Waals surface area contributed by atoms with Gasteiger partial charge in [0.25, 0.3) is 0 Å². The molecular weight excluding hydrogens is 297 g/mol. The van der Waals surface area contributed by atoms with E-state index in [4.69, 9.17) is 10.2 Å². The maximum absolute atomic E-state index is 13.2. The summed E-state index contributed by atoms with van der Waals surface area (Å²) < 4.78 is 19.2. The summed E-state index contributed by atoms with van der Waals surface area (Å²) in [6, 6.07) is 8.67. The standard InChI is InChI=1S/C14H15BrFNO/c15-11-6-10(7-12(16)9-11)8-13(17)3-4-14-2-1-5-18-14/h1-2,5-7,9,13H,3-4,8,17H2. The third-order valence-electron chi connectivity index (χ3n) is 2.76. The van der Waals surface area contributed by atoms with Crippen LogP contribution in [0.5, 0.6) is 0 Å². The first-order valence-corrected chi connectivity index (χ1v) is 6.66. The Hall–Kier alpha value is -1.13. The fraction of sp³-hybridized carbons (Fsp3) is 0.286. The lowest BCUT2D eigenvalue weighted by molar-refractivity contribution is 0.483. The summed E-state index contributed by atoms with van der Waals surface area (Å²) in [5.41, 5.74) is 6.95. The first-order valence-electron chi connectivity index (χ1n) is 5.86. The van der Waals surface area contributed by atoms with Crippen LogP contribution in [-0.2, 0) is 12.8 Å². The molecule has 0 aliphatic heterocycles. The van der Waals surface area contributed by atoms with Crippen molar-refractivity contribution in [1.29, 1.82) is 0 Å². The van der Waals surface area contributed by atoms with Crippen molar-refractivity contribution < 1.29 is 8.81 Å². The Morgan fingerprint density at radius 1 is 1.33 bits per heavy atom. The van der Waals surface area contributed by atoms with Gasteiger partial charge in [0.1, 0.15) is 11.6 Å². The van der Waals surface area contributed by atoms with Crippen LogP contribution in [0.1, 0.15) is 17.7 Å². The monoisotopic (exact) mass is 311 g/mol. The topological polar surface area (TPSA) is 39.2 Å². The number of furan rings is 1. The summed E-state index contributed by atoms with van der Waals surface area (Å²) in [5, 5.41) is 0. The summed E-state index contributed by atoms with van der Waals surface area (Å²) in [6.45, 7) is 0. The van der Waals surface area contributed by atoms with Gasteiger partial charge in [0.15, 0.2) is 0 Å². The molecule has 96 valence electrons. The lowest BCUT2D eigenvalue weighted by Gasteiger charge is -2.11. The molecule has 0 saturated carbocycles. The normalized spacial score (nSPS) is 12.6. The Morgan fingerprint density at radius 2 is 2.17 bits per heavy atom. The molecule has 0 saturated heterocycles. The molecule has 2 N–H and O–H groups in total. The minimum absolute atomic E-state index is 0.00352. The third-order valence-corrected chi connectivity index (χ3v) is 3.22. The Labute approximate surface area is 114 Å². The number of nitrogens with two attached hydrogens (primary N) is 1. The summed E-state index contributed by atoms with van der Waals surface area (Å²) in [4.78, 5) is 0. The molecule has 0 aliphatic rings. The highest BCUT2D eigenvalue weighted by Gasteiger charge is 2.07. The van der Waals surface area contributed by atoms with Gasteiger partial charge in [-0.3, -0.25) is 0 Å². The van der Waals surface area contributed by atoms with Gasteiger partial charge in [-0.05, 0) is 48.7 Å². The molecule has 0 bridgehead atoms. The Bertz CT molecular complexity index is 478. The van der Waals surface area contributed by atoms with Gasteiger partial charge in [-0.25, -0.2) is 4.39 Å². The first-order chi connectivity index (χ1) is 8.63. The molecule has 0 fully saturated rings. The van der Waals surface area contributed by atoms with Gasteiger partial charge in [0, 0.05) is 16.9 Å². The number of hydrogen-bond acceptors (Lipinski definition) is 2. The maximum Gasteiger partial charge on any atom is 0.124 e. The quantitative estimate of drug-likeness (QED) is 0.914. The molecular formula is C14H15BrFNO. The van der Waals surface area contributed by atoms with Crippen LogP contribution in [0.3, 0.4) is 0 Å². The largest absolute Gasteiger partial charge is 0.469 e. The van der Waals surface area contributed by atoms with Gasteiger partial charge in [-0.1, -0.05) is 15.9 Å². The van der Waals surface area contributed by atoms with E-state index in [0.717, 1.165) is 28.6 Å². The van der Waals surface area contributed by atoms with Crippen LogP contribution < -0.4 is 5.73 Å². The lowest BCUT2D eigenvalue weighted by Crippen LogP contribution is -2.23. The molecule has 2 rings (SSSR count). The lowest BCUT2D eigenvalue weighted by atomic mass is 10.0. The van der Waals surface area contributed by atoms with Crippen LogP contribution in [0.4, 0.5) is 4.39 Å². The number of hydrogen-bond donors (Lipinski definition) is 1. The third kappa shape index (κ3) is 3.96. The molecule has 0 radical (unpaired) electrons. The second kappa shape index (κ2) is 6.16. The fourth-order valence-electron chi connectivity index (χ4n) is 1.92. The number of halogens is 2. The molecule has 1 aromatic carbocycles. The summed E-state index contributed by atoms with van der Waals surface area (Å²) >= 11 is 3.28. The van der Waals surface area contributed by atoms with Crippen LogP contribution in [0.25, 0.3) is 0 Å². The molecule has 0 amide bonds. The Morgan fingerprint density at radius 3 is 2.83 bits per heavy atom. The first kappa shape index (κ1) is 13.3. The van der Waals surface area contributed by atoms with Crippen LogP contribution >= 0.6 is 15.9 Å². The highest BCUT2D eigenvalue weighted by Crippen LogP contribution is 2.17. The van der Waals surface area contributed by atoms with Gasteiger partial charge in [0.05, 0.1) is 6.26 Å². The van der Waals surface area contributed by atoms with Crippen LogP contribution in [0.2, 0.25) is 0 Å². The average Bonchev–Trinajstić information content (AvgIpc) is 2.77. The van der Waals surface area contributed by atoms with Crippen molar-refractivity contribution in [3.63, 3.8) is 0 Å². The highest BCUT2D eigenvalue weighted by atomic mass is 79.9. The van der Waals surface area contributed by atoms with E-state index < -0.39 is 0 Å². The molecule has 1 aromatic heterocycles. The molecule has 4 heteroatoms. The van der Waals surface area contributed by atoms with E-state index >= 15 is 0 Å². The zero-order chi connectivity index (χ0) is 13.0. The maximum atomic E-state index is 13.2. The number of benzene rings is 1. The van der Waals surface area contributed by atoms with Crippen LogP contribution in [0.15, 0.2) is 45.5 Å². The molecule has 0 spiro atoms. The van der Waals surface area contributed by atoms with Crippen molar-refractivity contribution in [2.24, 2.45) is 5.73 Å². The van der Waals surface area contributed by atoms with E-state index in [1.807, 2.05) is 18.2 Å². The highest BCUT2D eigenvalue weighted by molar-refractivity contribution is 9.10. The van der Waals surface area contributed by atoms with Crippen molar-refractivity contribution in [3.8, 4) is 0 Å². The smallest absolute Gasteiger partial charge is 0.124 e. The summed E-state index contributed by atoms with van der Waals surface area (Å²) in [6.07, 6.45) is 3.95. The van der Waals surface area contributed by atoms with Crippen LogP contribution in [0, 0.1) is 5.82 Å². The van der Waals surface area contributed by atoms with E-state index in [2.05, 4.69) is 15.9 Å². The number of aryl methyl sites for hydroxylation is 1. The molecule has 1 atom stereocenters. The van der Waals surface area contributed by atoms with Gasteiger partial charge in [-0.15, -0.1) is 0 Å². The van der Waals surface area contributed by atoms with Gasteiger partial charge < -0.3 is 10.2 Å². The van der Waals surface area contributed by atoms with Gasteiger partial charge in [0.2, 0.25) is 0 Å². The average molecular weight is 312 g/mol. The van der Waals surface area contributed by atoms with E-state index in [-0.39, 0.29) is 11.9 Å². The van der Waals surface area contributed by atoms with Crippen molar-refractivity contribution in [1.82, 2.24) is 0 Å². The van der Waals surface area contributed by atoms with Crippen LogP contribution in [-0.4, -0.2) is 6.04 Å². The zero-order valence-electron chi connectivity index (χ0n) is 9.90. The van der Waals surface area contributed by atoms with E-state index in [1.165, 1.54) is 12.1 Å². The molecule has 1 unspecified atom stereocenters. The molecule has 2 aromatic rings. The molecule has 18 heavy (non-hydrogen) atoms. The van der Waals surface area contributed by atoms with Crippen molar-refractivity contribution in [3.05, 3.63) is 58.2 Å². The zero-order valence-corrected chi connectivity index (χ0v) is 11.5. The van der Waals surface area contributed by atoms with Gasteiger partial charge in [-0.2, -0.15) is 0 Å². The Balaban J connectivity index is 1.88. The SMILES string of the molecule is NC(CCc1ccco1)Cc1cc(F)cc(Br)c1. The summed E-state index contributed by atoms with van der Waals surface area (Å²) in [7, 11) is 0. The van der Waals surface area contributed by atoms with E-state index in [1.54, 1.807) is 6.26 Å². The van der Waals surface area contributed by atoms with Gasteiger partial charge >= 0.3 is 0 Å². The molecule has 2 nitrogen and oxygen atoms in total. The number of rotatable bonds is 5.